The number of nitrogens with one attached hydrogen (secondary N) is 2. The lowest BCUT2D eigenvalue weighted by Gasteiger charge is -2.34. The fourth-order valence-electron chi connectivity index (χ4n) is 3.92. The van der Waals surface area contributed by atoms with E-state index >= 15 is 0 Å². The summed E-state index contributed by atoms with van der Waals surface area (Å²) in [7, 11) is -3.74. The smallest absolute Gasteiger partial charge is 0.243 e. The zero-order valence-corrected chi connectivity index (χ0v) is 16.9. The number of quaternary nitrogens is 1. The van der Waals surface area contributed by atoms with Gasteiger partial charge in [0.25, 0.3) is 0 Å². The third-order valence-corrected chi connectivity index (χ3v) is 7.55. The van der Waals surface area contributed by atoms with Crippen molar-refractivity contribution in [3.8, 4) is 0 Å². The highest BCUT2D eigenvalue weighted by Gasteiger charge is 2.35. The van der Waals surface area contributed by atoms with Crippen LogP contribution in [0.4, 0.5) is 4.39 Å². The highest BCUT2D eigenvalue weighted by Crippen LogP contribution is 2.19. The summed E-state index contributed by atoms with van der Waals surface area (Å²) in [5.41, 5.74) is 1.58. The van der Waals surface area contributed by atoms with Gasteiger partial charge in [0, 0.05) is 22.7 Å². The highest BCUT2D eigenvalue weighted by molar-refractivity contribution is 7.89. The molecular weight excluding hydrogens is 393 g/mol. The van der Waals surface area contributed by atoms with Crippen LogP contribution in [0.2, 0.25) is 0 Å². The predicted molar refractivity (Wildman–Crippen MR) is 108 cm³/mol. The number of H-pyrrole nitrogens is 1. The number of fused-ring (bicyclic) bond motifs is 1. The molecule has 2 aromatic carbocycles. The molecule has 4 rings (SSSR count). The number of rotatable bonds is 5. The Morgan fingerprint density at radius 2 is 1.86 bits per heavy atom. The summed E-state index contributed by atoms with van der Waals surface area (Å²) >= 11 is 0. The van der Waals surface area contributed by atoms with Gasteiger partial charge in [0.05, 0.1) is 31.1 Å². The molecule has 1 atom stereocenters. The van der Waals surface area contributed by atoms with E-state index in [0.29, 0.717) is 31.7 Å². The number of benzene rings is 2. The first kappa shape index (κ1) is 19.8. The fraction of sp³-hybridized carbons (Fsp3) is 0.286. The summed E-state index contributed by atoms with van der Waals surface area (Å²) in [5, 5.41) is 0.899. The van der Waals surface area contributed by atoms with E-state index in [2.05, 4.69) is 4.98 Å². The van der Waals surface area contributed by atoms with Crippen molar-refractivity contribution in [1.29, 1.82) is 0 Å². The van der Waals surface area contributed by atoms with E-state index in [-0.39, 0.29) is 16.7 Å². The van der Waals surface area contributed by atoms with Crippen LogP contribution in [0.15, 0.2) is 59.6 Å². The van der Waals surface area contributed by atoms with Crippen LogP contribution in [-0.2, 0) is 10.0 Å². The Morgan fingerprint density at radius 1 is 1.14 bits per heavy atom. The molecule has 1 aliphatic heterocycles. The Labute approximate surface area is 169 Å². The van der Waals surface area contributed by atoms with E-state index in [1.807, 2.05) is 31.2 Å². The van der Waals surface area contributed by atoms with E-state index < -0.39 is 15.8 Å². The summed E-state index contributed by atoms with van der Waals surface area (Å²) in [6.07, 6.45) is 1.74. The molecule has 1 aromatic heterocycles. The predicted octanol–water partition coefficient (Wildman–Crippen LogP) is 1.47. The average molecular weight is 416 g/mol. The fourth-order valence-corrected chi connectivity index (χ4v) is 5.39. The zero-order valence-electron chi connectivity index (χ0n) is 16.1. The van der Waals surface area contributed by atoms with E-state index in [4.69, 9.17) is 0 Å². The lowest BCUT2D eigenvalue weighted by Crippen LogP contribution is -3.18. The Hall–Kier alpha value is -2.55. The van der Waals surface area contributed by atoms with E-state index in [9.17, 15) is 17.6 Å². The van der Waals surface area contributed by atoms with Crippen LogP contribution in [0.5, 0.6) is 0 Å². The van der Waals surface area contributed by atoms with Gasteiger partial charge in [0.1, 0.15) is 11.9 Å². The summed E-state index contributed by atoms with van der Waals surface area (Å²) in [5.74, 6) is -0.535. The van der Waals surface area contributed by atoms with Gasteiger partial charge in [-0.25, -0.2) is 12.8 Å². The Kier molecular flexibility index (Phi) is 5.24. The van der Waals surface area contributed by atoms with Gasteiger partial charge in [0.15, 0.2) is 0 Å². The van der Waals surface area contributed by atoms with Gasteiger partial charge in [-0.3, -0.25) is 4.79 Å². The normalized spacial score (nSPS) is 17.4. The molecular formula is C21H23FN3O3S+. The molecule has 0 saturated carbocycles. The summed E-state index contributed by atoms with van der Waals surface area (Å²) in [4.78, 5) is 17.2. The van der Waals surface area contributed by atoms with Crippen molar-refractivity contribution >= 4 is 26.7 Å². The maximum absolute atomic E-state index is 13.4. The molecule has 6 nitrogen and oxygen atoms in total. The van der Waals surface area contributed by atoms with Crippen molar-refractivity contribution in [3.05, 3.63) is 66.1 Å². The van der Waals surface area contributed by atoms with Gasteiger partial charge >= 0.3 is 0 Å². The van der Waals surface area contributed by atoms with Crippen LogP contribution in [0.1, 0.15) is 17.3 Å². The largest absolute Gasteiger partial charge is 0.360 e. The first-order chi connectivity index (χ1) is 13.9. The maximum atomic E-state index is 13.4. The van der Waals surface area contributed by atoms with Crippen molar-refractivity contribution in [2.75, 3.05) is 26.2 Å². The maximum Gasteiger partial charge on any atom is 0.243 e. The second kappa shape index (κ2) is 7.70. The molecule has 1 saturated heterocycles. The third-order valence-electron chi connectivity index (χ3n) is 5.66. The number of hydrogen-bond acceptors (Lipinski definition) is 3. The van der Waals surface area contributed by atoms with Crippen LogP contribution in [-0.4, -0.2) is 55.7 Å². The van der Waals surface area contributed by atoms with Crippen LogP contribution in [0.25, 0.3) is 10.9 Å². The van der Waals surface area contributed by atoms with Crippen LogP contribution in [0.3, 0.4) is 0 Å². The SMILES string of the molecule is C[C@H](C(=O)c1c[nH]c2ccccc12)[NH+]1CCN(S(=O)(=O)c2cccc(F)c2)CC1. The van der Waals surface area contributed by atoms with E-state index in [1.165, 1.54) is 22.5 Å². The number of ketones is 1. The Morgan fingerprint density at radius 3 is 2.59 bits per heavy atom. The quantitative estimate of drug-likeness (QED) is 0.619. The van der Waals surface area contributed by atoms with Crippen LogP contribution in [0, 0.1) is 5.82 Å². The number of aromatic amines is 1. The standard InChI is InChI=1S/C21H22FN3O3S/c1-15(21(26)19-14-23-20-8-3-2-7-18(19)20)24-9-11-25(12-10-24)29(27,28)17-6-4-5-16(22)13-17/h2-8,13-15,23H,9-12H2,1H3/p+1/t15-/m1/s1. The summed E-state index contributed by atoms with van der Waals surface area (Å²) in [6, 6.07) is 12.4. The number of carbonyl (C=O) groups is 1. The molecule has 3 aromatic rings. The number of hydrogen-bond donors (Lipinski definition) is 2. The monoisotopic (exact) mass is 416 g/mol. The first-order valence-corrected chi connectivity index (χ1v) is 11.0. The summed E-state index contributed by atoms with van der Waals surface area (Å²) in [6.45, 7) is 3.50. The number of Topliss-reactive ketones (excluding diaryl/α,β-unsaturated/α-hetero) is 1. The second-order valence-electron chi connectivity index (χ2n) is 7.35. The van der Waals surface area contributed by atoms with Gasteiger partial charge in [-0.2, -0.15) is 4.31 Å². The Bertz CT molecular complexity index is 1150. The lowest BCUT2D eigenvalue weighted by molar-refractivity contribution is -0.917. The van der Waals surface area contributed by atoms with Gasteiger partial charge in [-0.05, 0) is 31.2 Å². The van der Waals surface area contributed by atoms with Gasteiger partial charge in [-0.1, -0.05) is 24.3 Å². The number of carbonyl (C=O) groups excluding carboxylic acids is 1. The molecule has 8 heteroatoms. The molecule has 29 heavy (non-hydrogen) atoms. The molecule has 0 bridgehead atoms. The molecule has 0 amide bonds. The van der Waals surface area contributed by atoms with Gasteiger partial charge < -0.3 is 9.88 Å². The Balaban J connectivity index is 1.46. The summed E-state index contributed by atoms with van der Waals surface area (Å²) < 4.78 is 40.3. The minimum absolute atomic E-state index is 0.0381. The van der Waals surface area contributed by atoms with Crippen molar-refractivity contribution in [2.45, 2.75) is 17.9 Å². The molecule has 0 spiro atoms. The molecule has 152 valence electrons. The number of nitrogens with zero attached hydrogens (tertiary/aromatic N) is 1. The van der Waals surface area contributed by atoms with E-state index in [0.717, 1.165) is 21.9 Å². The molecule has 2 heterocycles. The van der Waals surface area contributed by atoms with E-state index in [1.54, 1.807) is 6.20 Å². The lowest BCUT2D eigenvalue weighted by atomic mass is 10.0. The zero-order chi connectivity index (χ0) is 20.6. The van der Waals surface area contributed by atoms with Crippen molar-refractivity contribution in [3.63, 3.8) is 0 Å². The molecule has 1 fully saturated rings. The van der Waals surface area contributed by atoms with Crippen LogP contribution >= 0.6 is 0 Å². The van der Waals surface area contributed by atoms with Crippen molar-refractivity contribution < 1.29 is 22.5 Å². The van der Waals surface area contributed by atoms with Crippen molar-refractivity contribution in [2.24, 2.45) is 0 Å². The third kappa shape index (κ3) is 3.71. The minimum Gasteiger partial charge on any atom is -0.360 e. The topological polar surface area (TPSA) is 74.7 Å². The number of aromatic nitrogens is 1. The van der Waals surface area contributed by atoms with Gasteiger partial charge in [-0.15, -0.1) is 0 Å². The number of para-hydroxylation sites is 1. The van der Waals surface area contributed by atoms with Crippen LogP contribution < -0.4 is 4.90 Å². The van der Waals surface area contributed by atoms with Gasteiger partial charge in [0.2, 0.25) is 15.8 Å². The minimum atomic E-state index is -3.74. The average Bonchev–Trinajstić information content (AvgIpc) is 3.17. The number of sulfonamides is 1. The second-order valence-corrected chi connectivity index (χ2v) is 9.29. The van der Waals surface area contributed by atoms with Crippen molar-refractivity contribution in [1.82, 2.24) is 9.29 Å². The first-order valence-electron chi connectivity index (χ1n) is 9.58. The number of halogens is 1. The molecule has 0 unspecified atom stereocenters. The number of piperazine rings is 1. The molecule has 0 radical (unpaired) electrons. The highest BCUT2D eigenvalue weighted by atomic mass is 32.2. The molecule has 1 aliphatic rings. The molecule has 0 aliphatic carbocycles. The molecule has 2 N–H and O–H groups in total.